The number of rotatable bonds is 7. The average molecular weight is 431 g/mol. The Morgan fingerprint density at radius 3 is 2.59 bits per heavy atom. The summed E-state index contributed by atoms with van der Waals surface area (Å²) in [6.45, 7) is 1.51. The molecule has 0 fully saturated rings. The molecule has 0 unspecified atom stereocenters. The minimum Gasteiger partial charge on any atom is -0.272 e. The van der Waals surface area contributed by atoms with Crippen LogP contribution < -0.4 is 5.43 Å². The minimum absolute atomic E-state index is 0.279. The van der Waals surface area contributed by atoms with Crippen molar-refractivity contribution in [1.29, 1.82) is 0 Å². The first-order valence-corrected chi connectivity index (χ1v) is 11.6. The van der Waals surface area contributed by atoms with Crippen LogP contribution in [0.15, 0.2) is 53.6 Å². The summed E-state index contributed by atoms with van der Waals surface area (Å²) in [4.78, 5) is 16.5. The van der Waals surface area contributed by atoms with E-state index in [2.05, 4.69) is 39.8 Å². The third-order valence-corrected chi connectivity index (χ3v) is 6.53. The van der Waals surface area contributed by atoms with Crippen molar-refractivity contribution >= 4 is 43.2 Å². The standard InChI is InChI=1S/C20H22N4O3S2/c1-14(22-23-19(25)13-24(2)29(3,26)27)11-20-21-17-10-9-16(12-18(17)28-20)15-7-5-4-6-8-15/h4-10,12H,11,13H2,1-3H3,(H,23,25)/b22-14+. The molecule has 0 saturated carbocycles. The van der Waals surface area contributed by atoms with E-state index in [9.17, 15) is 13.2 Å². The van der Waals surface area contributed by atoms with Crippen molar-refractivity contribution < 1.29 is 13.2 Å². The first-order chi connectivity index (χ1) is 13.7. The molecular weight excluding hydrogens is 408 g/mol. The molecule has 3 aromatic rings. The summed E-state index contributed by atoms with van der Waals surface area (Å²) in [6, 6.07) is 16.4. The van der Waals surface area contributed by atoms with Crippen molar-refractivity contribution in [1.82, 2.24) is 14.7 Å². The largest absolute Gasteiger partial charge is 0.272 e. The molecule has 1 amide bonds. The number of carbonyl (C=O) groups excluding carboxylic acids is 1. The summed E-state index contributed by atoms with van der Waals surface area (Å²) in [5.74, 6) is -0.492. The van der Waals surface area contributed by atoms with Crippen LogP contribution in [0.25, 0.3) is 21.3 Å². The quantitative estimate of drug-likeness (QED) is 0.461. The molecule has 1 aromatic heterocycles. The number of thiazole rings is 1. The van der Waals surface area contributed by atoms with Crippen LogP contribution in [0.3, 0.4) is 0 Å². The smallest absolute Gasteiger partial charge is 0.255 e. The van der Waals surface area contributed by atoms with Crippen molar-refractivity contribution in [2.24, 2.45) is 5.10 Å². The van der Waals surface area contributed by atoms with E-state index in [-0.39, 0.29) is 6.54 Å². The molecule has 7 nitrogen and oxygen atoms in total. The number of carbonyl (C=O) groups is 1. The van der Waals surface area contributed by atoms with E-state index in [4.69, 9.17) is 0 Å². The molecule has 152 valence electrons. The highest BCUT2D eigenvalue weighted by Crippen LogP contribution is 2.28. The van der Waals surface area contributed by atoms with Gasteiger partial charge in [0.25, 0.3) is 5.91 Å². The Kier molecular flexibility index (Phi) is 6.41. The summed E-state index contributed by atoms with van der Waals surface area (Å²) >= 11 is 1.59. The number of hydrogen-bond donors (Lipinski definition) is 1. The first kappa shape index (κ1) is 21.1. The highest BCUT2D eigenvalue weighted by molar-refractivity contribution is 7.88. The monoisotopic (exact) mass is 430 g/mol. The van der Waals surface area contributed by atoms with Crippen LogP contribution >= 0.6 is 11.3 Å². The van der Waals surface area contributed by atoms with Crippen molar-refractivity contribution in [3.05, 3.63) is 53.5 Å². The molecule has 1 heterocycles. The zero-order chi connectivity index (χ0) is 21.0. The zero-order valence-electron chi connectivity index (χ0n) is 16.4. The lowest BCUT2D eigenvalue weighted by molar-refractivity contribution is -0.121. The number of nitrogens with one attached hydrogen (secondary N) is 1. The lowest BCUT2D eigenvalue weighted by Crippen LogP contribution is -2.36. The molecule has 0 aliphatic carbocycles. The predicted octanol–water partition coefficient (Wildman–Crippen LogP) is 2.89. The van der Waals surface area contributed by atoms with Gasteiger partial charge < -0.3 is 0 Å². The Balaban J connectivity index is 1.66. The summed E-state index contributed by atoms with van der Waals surface area (Å²) in [7, 11) is -2.06. The predicted molar refractivity (Wildman–Crippen MR) is 117 cm³/mol. The highest BCUT2D eigenvalue weighted by atomic mass is 32.2. The third kappa shape index (κ3) is 5.69. The van der Waals surface area contributed by atoms with Crippen molar-refractivity contribution in [2.75, 3.05) is 19.8 Å². The summed E-state index contributed by atoms with van der Waals surface area (Å²) < 4.78 is 24.8. The van der Waals surface area contributed by atoms with E-state index in [1.807, 2.05) is 24.3 Å². The number of aromatic nitrogens is 1. The van der Waals surface area contributed by atoms with Gasteiger partial charge in [0, 0.05) is 19.2 Å². The van der Waals surface area contributed by atoms with Crippen LogP contribution in [0.4, 0.5) is 0 Å². The molecule has 0 aliphatic heterocycles. The van der Waals surface area contributed by atoms with E-state index in [1.54, 1.807) is 18.3 Å². The van der Waals surface area contributed by atoms with Gasteiger partial charge in [0.15, 0.2) is 0 Å². The average Bonchev–Trinajstić information content (AvgIpc) is 3.07. The molecule has 0 atom stereocenters. The Bertz CT molecular complexity index is 1150. The fourth-order valence-corrected chi connectivity index (χ4v) is 4.06. The van der Waals surface area contributed by atoms with Gasteiger partial charge in [-0.25, -0.2) is 18.8 Å². The minimum atomic E-state index is -3.41. The van der Waals surface area contributed by atoms with Gasteiger partial charge in [0.1, 0.15) is 0 Å². The highest BCUT2D eigenvalue weighted by Gasteiger charge is 2.15. The molecule has 0 spiro atoms. The van der Waals surface area contributed by atoms with Crippen LogP contribution in [-0.2, 0) is 21.2 Å². The SMILES string of the molecule is C/C(Cc1nc2ccc(-c3ccccc3)cc2s1)=N\NC(=O)CN(C)S(C)(=O)=O. The maximum Gasteiger partial charge on any atom is 0.255 e. The fraction of sp³-hybridized carbons (Fsp3) is 0.250. The number of likely N-dealkylation sites (N-methyl/N-ethyl adjacent to an activating group) is 1. The second-order valence-electron chi connectivity index (χ2n) is 6.73. The van der Waals surface area contributed by atoms with E-state index in [0.717, 1.165) is 36.9 Å². The Morgan fingerprint density at radius 2 is 1.90 bits per heavy atom. The molecular formula is C20H22N4O3S2. The molecule has 0 saturated heterocycles. The lowest BCUT2D eigenvalue weighted by atomic mass is 10.1. The Morgan fingerprint density at radius 1 is 1.17 bits per heavy atom. The molecule has 2 aromatic carbocycles. The van der Waals surface area contributed by atoms with Crippen LogP contribution in [-0.4, -0.2) is 49.2 Å². The van der Waals surface area contributed by atoms with Crippen LogP contribution in [0.2, 0.25) is 0 Å². The number of sulfonamides is 1. The molecule has 9 heteroatoms. The van der Waals surface area contributed by atoms with Crippen LogP contribution in [0, 0.1) is 0 Å². The second-order valence-corrected chi connectivity index (χ2v) is 9.94. The lowest BCUT2D eigenvalue weighted by Gasteiger charge is -2.12. The van der Waals surface area contributed by atoms with E-state index >= 15 is 0 Å². The zero-order valence-corrected chi connectivity index (χ0v) is 18.0. The van der Waals surface area contributed by atoms with Gasteiger partial charge >= 0.3 is 0 Å². The number of hydrazone groups is 1. The number of fused-ring (bicyclic) bond motifs is 1. The van der Waals surface area contributed by atoms with Crippen molar-refractivity contribution in [2.45, 2.75) is 13.3 Å². The number of amides is 1. The number of benzene rings is 2. The third-order valence-electron chi connectivity index (χ3n) is 4.25. The van der Waals surface area contributed by atoms with Gasteiger partial charge in [0.2, 0.25) is 10.0 Å². The molecule has 0 radical (unpaired) electrons. The Hall–Kier alpha value is -2.62. The second kappa shape index (κ2) is 8.81. The van der Waals surface area contributed by atoms with Gasteiger partial charge in [-0.3, -0.25) is 4.79 Å². The van der Waals surface area contributed by atoms with Crippen LogP contribution in [0.1, 0.15) is 11.9 Å². The maximum absolute atomic E-state index is 11.8. The van der Waals surface area contributed by atoms with Crippen molar-refractivity contribution in [3.63, 3.8) is 0 Å². The summed E-state index contributed by atoms with van der Waals surface area (Å²) in [5.41, 5.74) is 6.30. The van der Waals surface area contributed by atoms with Gasteiger partial charge in [-0.2, -0.15) is 9.41 Å². The topological polar surface area (TPSA) is 91.7 Å². The molecule has 29 heavy (non-hydrogen) atoms. The van der Waals surface area contributed by atoms with Gasteiger partial charge in [-0.15, -0.1) is 11.3 Å². The normalized spacial score (nSPS) is 12.5. The summed E-state index contributed by atoms with van der Waals surface area (Å²) in [5, 5.41) is 4.95. The van der Waals surface area contributed by atoms with E-state index in [1.165, 1.54) is 7.05 Å². The molecule has 1 N–H and O–H groups in total. The Labute approximate surface area is 174 Å². The van der Waals surface area contributed by atoms with Gasteiger partial charge in [-0.05, 0) is 30.2 Å². The van der Waals surface area contributed by atoms with Gasteiger partial charge in [0.05, 0.1) is 28.0 Å². The maximum atomic E-state index is 11.8. The fourth-order valence-electron chi connectivity index (χ4n) is 2.63. The molecule has 0 bridgehead atoms. The first-order valence-electron chi connectivity index (χ1n) is 8.90. The van der Waals surface area contributed by atoms with E-state index in [0.29, 0.717) is 12.1 Å². The molecule has 0 aliphatic rings. The number of hydrogen-bond acceptors (Lipinski definition) is 6. The summed E-state index contributed by atoms with van der Waals surface area (Å²) in [6.07, 6.45) is 1.55. The van der Waals surface area contributed by atoms with Crippen LogP contribution in [0.5, 0.6) is 0 Å². The van der Waals surface area contributed by atoms with Crippen molar-refractivity contribution in [3.8, 4) is 11.1 Å². The molecule has 3 rings (SSSR count). The van der Waals surface area contributed by atoms with Gasteiger partial charge in [-0.1, -0.05) is 36.4 Å². The van der Waals surface area contributed by atoms with E-state index < -0.39 is 15.9 Å². The number of nitrogens with zero attached hydrogens (tertiary/aromatic N) is 3.